The second kappa shape index (κ2) is 13.4. The van der Waals surface area contributed by atoms with Crippen molar-refractivity contribution in [1.29, 1.82) is 0 Å². The fourth-order valence-corrected chi connectivity index (χ4v) is 3.85. The fraction of sp³-hybridized carbons (Fsp3) is 0.0571. The van der Waals surface area contributed by atoms with Crippen molar-refractivity contribution in [1.82, 2.24) is 0 Å². The number of carbonyl (C=O) groups excluding carboxylic acids is 1. The lowest BCUT2D eigenvalue weighted by Gasteiger charge is -2.13. The van der Waals surface area contributed by atoms with Gasteiger partial charge in [0.25, 0.3) is 0 Å². The van der Waals surface area contributed by atoms with E-state index >= 15 is 0 Å². The number of hydrogen-bond acceptors (Lipinski definition) is 1. The lowest BCUT2D eigenvalue weighted by atomic mass is 9.89. The van der Waals surface area contributed by atoms with Crippen LogP contribution in [0.2, 0.25) is 0 Å². The molecule has 0 atom stereocenters. The van der Waals surface area contributed by atoms with Gasteiger partial charge in [-0.15, -0.1) is 0 Å². The third-order valence-electron chi connectivity index (χ3n) is 5.84. The number of Topliss-reactive ketones (excluding diaryl/α,β-unsaturated/α-hetero) is 1. The molecule has 176 valence electrons. The van der Waals surface area contributed by atoms with E-state index in [1.54, 1.807) is 0 Å². The molecule has 0 aliphatic rings. The van der Waals surface area contributed by atoms with Crippen LogP contribution in [0.4, 0.5) is 0 Å². The van der Waals surface area contributed by atoms with Crippen LogP contribution in [-0.4, -0.2) is 5.78 Å². The Labute approximate surface area is 214 Å². The van der Waals surface area contributed by atoms with Crippen LogP contribution in [0.25, 0.3) is 24.3 Å². The summed E-state index contributed by atoms with van der Waals surface area (Å²) in [5, 5.41) is 0. The second-order valence-electron chi connectivity index (χ2n) is 8.53. The molecule has 0 saturated heterocycles. The number of ketones is 1. The van der Waals surface area contributed by atoms with E-state index in [0.29, 0.717) is 0 Å². The van der Waals surface area contributed by atoms with Gasteiger partial charge in [0.05, 0.1) is 11.8 Å². The molecule has 0 aromatic heterocycles. The average molecular weight is 467 g/mol. The van der Waals surface area contributed by atoms with E-state index in [2.05, 4.69) is 0 Å². The summed E-state index contributed by atoms with van der Waals surface area (Å²) in [7, 11) is 0. The van der Waals surface area contributed by atoms with Crippen molar-refractivity contribution in [3.05, 3.63) is 168 Å². The Kier molecular flexibility index (Phi) is 9.17. The molecule has 0 heterocycles. The SMILES string of the molecule is O=C(C(/C=C/c1ccccc1)/C=C/c1ccccc1)C(/C=C/c1ccccc1)/C=C/c1ccccc1. The van der Waals surface area contributed by atoms with E-state index in [1.165, 1.54) is 0 Å². The molecule has 0 radical (unpaired) electrons. The largest absolute Gasteiger partial charge is 0.298 e. The molecular formula is C35H30O. The van der Waals surface area contributed by atoms with Crippen LogP contribution in [0.5, 0.6) is 0 Å². The highest BCUT2D eigenvalue weighted by molar-refractivity contribution is 5.92. The van der Waals surface area contributed by atoms with Crippen molar-refractivity contribution in [2.45, 2.75) is 0 Å². The minimum Gasteiger partial charge on any atom is -0.298 e. The van der Waals surface area contributed by atoms with E-state index < -0.39 is 0 Å². The normalized spacial score (nSPS) is 12.1. The number of allylic oxidation sites excluding steroid dienone is 4. The Morgan fingerprint density at radius 1 is 0.389 bits per heavy atom. The molecule has 4 aromatic carbocycles. The van der Waals surface area contributed by atoms with Gasteiger partial charge in [-0.25, -0.2) is 0 Å². The van der Waals surface area contributed by atoms with Crippen LogP contribution in [0, 0.1) is 11.8 Å². The summed E-state index contributed by atoms with van der Waals surface area (Å²) >= 11 is 0. The summed E-state index contributed by atoms with van der Waals surface area (Å²) in [5.41, 5.74) is 4.28. The molecule has 0 aliphatic carbocycles. The van der Waals surface area contributed by atoms with Crippen LogP contribution in [0.3, 0.4) is 0 Å². The van der Waals surface area contributed by atoms with E-state index in [4.69, 9.17) is 0 Å². The van der Waals surface area contributed by atoms with E-state index in [9.17, 15) is 4.79 Å². The zero-order chi connectivity index (χ0) is 24.8. The first-order chi connectivity index (χ1) is 17.8. The summed E-state index contributed by atoms with van der Waals surface area (Å²) in [6.45, 7) is 0. The van der Waals surface area contributed by atoms with E-state index in [-0.39, 0.29) is 17.6 Å². The lowest BCUT2D eigenvalue weighted by molar-refractivity contribution is -0.121. The number of hydrogen-bond donors (Lipinski definition) is 0. The molecule has 0 aliphatic heterocycles. The minimum atomic E-state index is -0.378. The van der Waals surface area contributed by atoms with Gasteiger partial charge in [0.15, 0.2) is 5.78 Å². The van der Waals surface area contributed by atoms with Crippen LogP contribution in [0.1, 0.15) is 22.3 Å². The van der Waals surface area contributed by atoms with Crippen molar-refractivity contribution in [2.24, 2.45) is 11.8 Å². The monoisotopic (exact) mass is 466 g/mol. The van der Waals surface area contributed by atoms with Crippen molar-refractivity contribution in [3.63, 3.8) is 0 Å². The van der Waals surface area contributed by atoms with Crippen LogP contribution >= 0.6 is 0 Å². The first-order valence-corrected chi connectivity index (χ1v) is 12.2. The number of benzene rings is 4. The molecule has 1 nitrogen and oxygen atoms in total. The zero-order valence-electron chi connectivity index (χ0n) is 20.2. The highest BCUT2D eigenvalue weighted by Crippen LogP contribution is 2.20. The maximum Gasteiger partial charge on any atom is 0.154 e. The average Bonchev–Trinajstić information content (AvgIpc) is 2.95. The van der Waals surface area contributed by atoms with Gasteiger partial charge in [-0.3, -0.25) is 4.79 Å². The predicted molar refractivity (Wildman–Crippen MR) is 154 cm³/mol. The summed E-state index contributed by atoms with van der Waals surface area (Å²) in [6.07, 6.45) is 16.1. The second-order valence-corrected chi connectivity index (χ2v) is 8.53. The topological polar surface area (TPSA) is 17.1 Å². The Balaban J connectivity index is 1.66. The van der Waals surface area contributed by atoms with Crippen LogP contribution < -0.4 is 0 Å². The van der Waals surface area contributed by atoms with Gasteiger partial charge >= 0.3 is 0 Å². The molecular weight excluding hydrogens is 436 g/mol. The third-order valence-corrected chi connectivity index (χ3v) is 5.84. The van der Waals surface area contributed by atoms with E-state index in [0.717, 1.165) is 22.3 Å². The van der Waals surface area contributed by atoms with Crippen molar-refractivity contribution in [3.8, 4) is 0 Å². The molecule has 36 heavy (non-hydrogen) atoms. The summed E-state index contributed by atoms with van der Waals surface area (Å²) < 4.78 is 0. The predicted octanol–water partition coefficient (Wildman–Crippen LogP) is 8.64. The standard InChI is InChI=1S/C35H30O/c36-35(33(25-21-29-13-5-1-6-14-29)26-22-30-15-7-2-8-16-30)34(27-23-31-17-9-3-10-18-31)28-24-32-19-11-4-12-20-32/h1-28,33-34H/b25-21+,26-22+,27-23+,28-24+. The van der Waals surface area contributed by atoms with Gasteiger partial charge in [0.1, 0.15) is 0 Å². The highest BCUT2D eigenvalue weighted by atomic mass is 16.1. The van der Waals surface area contributed by atoms with Gasteiger partial charge < -0.3 is 0 Å². The Morgan fingerprint density at radius 2 is 0.611 bits per heavy atom. The van der Waals surface area contributed by atoms with Gasteiger partial charge in [-0.2, -0.15) is 0 Å². The molecule has 0 fully saturated rings. The fourth-order valence-electron chi connectivity index (χ4n) is 3.85. The first kappa shape index (κ1) is 24.6. The van der Waals surface area contributed by atoms with Crippen LogP contribution in [0.15, 0.2) is 146 Å². The minimum absolute atomic E-state index is 0.119. The molecule has 0 amide bonds. The van der Waals surface area contributed by atoms with Gasteiger partial charge in [-0.1, -0.05) is 170 Å². The summed E-state index contributed by atoms with van der Waals surface area (Å²) in [5.74, 6) is -0.638. The Hall–Kier alpha value is -4.49. The highest BCUT2D eigenvalue weighted by Gasteiger charge is 2.19. The molecule has 0 saturated carbocycles. The smallest absolute Gasteiger partial charge is 0.154 e. The first-order valence-electron chi connectivity index (χ1n) is 12.2. The third kappa shape index (κ3) is 7.78. The summed E-state index contributed by atoms with van der Waals surface area (Å²) in [4.78, 5) is 13.9. The molecule has 4 rings (SSSR count). The molecule has 0 unspecified atom stereocenters. The maximum absolute atomic E-state index is 13.9. The van der Waals surface area contributed by atoms with E-state index in [1.807, 2.05) is 170 Å². The zero-order valence-corrected chi connectivity index (χ0v) is 20.2. The van der Waals surface area contributed by atoms with Crippen LogP contribution in [-0.2, 0) is 4.79 Å². The molecule has 0 N–H and O–H groups in total. The van der Waals surface area contributed by atoms with Gasteiger partial charge in [0, 0.05) is 0 Å². The Morgan fingerprint density at radius 3 is 0.833 bits per heavy atom. The number of carbonyl (C=O) groups is 1. The molecule has 0 spiro atoms. The van der Waals surface area contributed by atoms with Gasteiger partial charge in [0.2, 0.25) is 0 Å². The molecule has 0 bridgehead atoms. The van der Waals surface area contributed by atoms with Gasteiger partial charge in [-0.05, 0) is 22.3 Å². The summed E-state index contributed by atoms with van der Waals surface area (Å²) in [6, 6.07) is 40.4. The molecule has 4 aromatic rings. The lowest BCUT2D eigenvalue weighted by Crippen LogP contribution is -2.18. The maximum atomic E-state index is 13.9. The quantitative estimate of drug-likeness (QED) is 0.229. The van der Waals surface area contributed by atoms with Crippen molar-refractivity contribution >= 4 is 30.1 Å². The molecule has 1 heteroatoms. The van der Waals surface area contributed by atoms with Crippen molar-refractivity contribution < 1.29 is 4.79 Å². The van der Waals surface area contributed by atoms with Crippen molar-refractivity contribution in [2.75, 3.05) is 0 Å². The number of rotatable bonds is 10. The Bertz CT molecular complexity index is 1110.